The third kappa shape index (κ3) is 2.40. The number of halogens is 1. The zero-order valence-electron chi connectivity index (χ0n) is 11.7. The van der Waals surface area contributed by atoms with E-state index in [9.17, 15) is 0 Å². The average Bonchev–Trinajstić information content (AvgIpc) is 3.17. The topological polar surface area (TPSA) is 36.3 Å². The van der Waals surface area contributed by atoms with Gasteiger partial charge in [0.2, 0.25) is 0 Å². The van der Waals surface area contributed by atoms with Gasteiger partial charge in [-0.2, -0.15) is 0 Å². The number of likely N-dealkylation sites (tertiary alicyclic amines) is 1. The van der Waals surface area contributed by atoms with Crippen LogP contribution in [0, 0.1) is 0 Å². The van der Waals surface area contributed by atoms with Crippen molar-refractivity contribution < 1.29 is 0 Å². The Labute approximate surface area is 131 Å². The van der Waals surface area contributed by atoms with Gasteiger partial charge >= 0.3 is 0 Å². The van der Waals surface area contributed by atoms with Gasteiger partial charge < -0.3 is 9.38 Å². The molecule has 0 aliphatic carbocycles. The zero-order valence-corrected chi connectivity index (χ0v) is 13.3. The van der Waals surface area contributed by atoms with Crippen molar-refractivity contribution in [3.63, 3.8) is 0 Å². The van der Waals surface area contributed by atoms with Crippen LogP contribution in [-0.2, 0) is 6.54 Å². The van der Waals surface area contributed by atoms with Crippen molar-refractivity contribution in [1.82, 2.24) is 19.3 Å². The van der Waals surface area contributed by atoms with E-state index in [0.29, 0.717) is 6.04 Å². The lowest BCUT2D eigenvalue weighted by Crippen LogP contribution is -2.23. The molecule has 108 valence electrons. The first-order valence-electron chi connectivity index (χ1n) is 7.31. The van der Waals surface area contributed by atoms with Crippen molar-refractivity contribution in [2.75, 3.05) is 6.54 Å². The van der Waals surface area contributed by atoms with Crippen LogP contribution < -0.4 is 0 Å². The second-order valence-corrected chi connectivity index (χ2v) is 6.43. The molecule has 0 spiro atoms. The van der Waals surface area contributed by atoms with Crippen LogP contribution in [0.15, 0.2) is 47.3 Å². The van der Waals surface area contributed by atoms with Gasteiger partial charge in [-0.15, -0.1) is 0 Å². The van der Waals surface area contributed by atoms with Gasteiger partial charge in [0.05, 0.1) is 16.2 Å². The lowest BCUT2D eigenvalue weighted by atomic mass is 10.1. The van der Waals surface area contributed by atoms with Crippen molar-refractivity contribution in [1.29, 1.82) is 0 Å². The van der Waals surface area contributed by atoms with Gasteiger partial charge in [-0.25, -0.2) is 4.98 Å². The molecular formula is C16H17BrN4. The summed E-state index contributed by atoms with van der Waals surface area (Å²) in [5.41, 5.74) is 3.43. The van der Waals surface area contributed by atoms with Gasteiger partial charge in [-0.1, -0.05) is 0 Å². The Kier molecular flexibility index (Phi) is 3.31. The fourth-order valence-corrected chi connectivity index (χ4v) is 3.68. The van der Waals surface area contributed by atoms with E-state index in [0.717, 1.165) is 28.9 Å². The molecule has 1 aliphatic heterocycles. The molecule has 5 heteroatoms. The van der Waals surface area contributed by atoms with Crippen molar-refractivity contribution in [3.05, 3.63) is 58.7 Å². The molecule has 0 radical (unpaired) electrons. The summed E-state index contributed by atoms with van der Waals surface area (Å²) >= 11 is 3.56. The number of nitrogens with one attached hydrogen (secondary N) is 1. The van der Waals surface area contributed by atoms with E-state index in [1.54, 1.807) is 0 Å². The van der Waals surface area contributed by atoms with E-state index < -0.39 is 0 Å². The summed E-state index contributed by atoms with van der Waals surface area (Å²) in [4.78, 5) is 10.6. The molecule has 1 saturated heterocycles. The predicted molar refractivity (Wildman–Crippen MR) is 86.1 cm³/mol. The number of hydrogen-bond donors (Lipinski definition) is 1. The third-order valence-corrected chi connectivity index (χ3v) is 4.81. The number of aromatic amines is 1. The molecule has 0 aromatic carbocycles. The molecule has 1 fully saturated rings. The minimum Gasteiger partial charge on any atom is -0.364 e. The normalized spacial score (nSPS) is 19.6. The summed E-state index contributed by atoms with van der Waals surface area (Å²) in [7, 11) is 0. The Morgan fingerprint density at radius 1 is 1.33 bits per heavy atom. The number of imidazole rings is 1. The molecule has 1 N–H and O–H groups in total. The smallest absolute Gasteiger partial charge is 0.151 e. The minimum atomic E-state index is 0.494. The monoisotopic (exact) mass is 344 g/mol. The molecule has 4 heterocycles. The number of nitrogens with zero attached hydrogens (tertiary/aromatic N) is 3. The fraction of sp³-hybridized carbons (Fsp3) is 0.312. The molecular weight excluding hydrogens is 328 g/mol. The van der Waals surface area contributed by atoms with Crippen LogP contribution in [0.1, 0.15) is 30.3 Å². The molecule has 4 nitrogen and oxygen atoms in total. The Morgan fingerprint density at radius 2 is 2.29 bits per heavy atom. The van der Waals surface area contributed by atoms with E-state index in [1.807, 2.05) is 24.5 Å². The zero-order chi connectivity index (χ0) is 14.2. The largest absolute Gasteiger partial charge is 0.364 e. The van der Waals surface area contributed by atoms with Gasteiger partial charge in [0.15, 0.2) is 5.65 Å². The van der Waals surface area contributed by atoms with Crippen LogP contribution in [0.25, 0.3) is 5.65 Å². The molecule has 0 saturated carbocycles. The highest BCUT2D eigenvalue weighted by Gasteiger charge is 2.27. The summed E-state index contributed by atoms with van der Waals surface area (Å²) in [6.45, 7) is 2.04. The lowest BCUT2D eigenvalue weighted by molar-refractivity contribution is 0.242. The number of aromatic nitrogens is 3. The summed E-state index contributed by atoms with van der Waals surface area (Å²) < 4.78 is 3.12. The summed E-state index contributed by atoms with van der Waals surface area (Å²) in [5, 5.41) is 0. The summed E-state index contributed by atoms with van der Waals surface area (Å²) in [6, 6.07) is 8.81. The van der Waals surface area contributed by atoms with Crippen LogP contribution in [0.3, 0.4) is 0 Å². The maximum absolute atomic E-state index is 4.76. The van der Waals surface area contributed by atoms with Crippen LogP contribution >= 0.6 is 15.9 Å². The van der Waals surface area contributed by atoms with E-state index >= 15 is 0 Å². The second kappa shape index (κ2) is 5.31. The highest BCUT2D eigenvalue weighted by atomic mass is 79.9. The van der Waals surface area contributed by atoms with Crippen LogP contribution in [-0.4, -0.2) is 25.8 Å². The first kappa shape index (κ1) is 13.1. The van der Waals surface area contributed by atoms with Gasteiger partial charge in [-0.3, -0.25) is 4.90 Å². The molecule has 1 unspecified atom stereocenters. The molecule has 1 atom stereocenters. The molecule has 3 aromatic heterocycles. The van der Waals surface area contributed by atoms with Crippen LogP contribution in [0.2, 0.25) is 0 Å². The first-order chi connectivity index (χ1) is 10.3. The van der Waals surface area contributed by atoms with Crippen molar-refractivity contribution in [3.8, 4) is 0 Å². The lowest BCUT2D eigenvalue weighted by Gasteiger charge is -2.22. The highest BCUT2D eigenvalue weighted by Crippen LogP contribution is 2.32. The van der Waals surface area contributed by atoms with Crippen LogP contribution in [0.5, 0.6) is 0 Å². The van der Waals surface area contributed by atoms with Gasteiger partial charge in [0, 0.05) is 30.8 Å². The van der Waals surface area contributed by atoms with Crippen molar-refractivity contribution >= 4 is 21.6 Å². The maximum atomic E-state index is 4.76. The number of hydrogen-bond acceptors (Lipinski definition) is 2. The second-order valence-electron chi connectivity index (χ2n) is 5.57. The highest BCUT2D eigenvalue weighted by molar-refractivity contribution is 9.10. The van der Waals surface area contributed by atoms with E-state index in [1.165, 1.54) is 18.5 Å². The average molecular weight is 345 g/mol. The van der Waals surface area contributed by atoms with E-state index in [4.69, 9.17) is 4.98 Å². The number of pyridine rings is 1. The SMILES string of the molecule is Brc1cccn2cc(CN3CCCC3c3ccc[nH]3)nc12. The number of rotatable bonds is 3. The van der Waals surface area contributed by atoms with Gasteiger partial charge in [0.25, 0.3) is 0 Å². The Bertz CT molecular complexity index is 747. The van der Waals surface area contributed by atoms with Crippen molar-refractivity contribution in [2.45, 2.75) is 25.4 Å². The Morgan fingerprint density at radius 3 is 3.10 bits per heavy atom. The molecule has 0 amide bonds. The molecule has 21 heavy (non-hydrogen) atoms. The van der Waals surface area contributed by atoms with Gasteiger partial charge in [0.1, 0.15) is 0 Å². The Hall–Kier alpha value is -1.59. The number of H-pyrrole nitrogens is 1. The molecule has 3 aromatic rings. The molecule has 0 bridgehead atoms. The van der Waals surface area contributed by atoms with E-state index in [2.05, 4.69) is 48.5 Å². The maximum Gasteiger partial charge on any atom is 0.151 e. The molecule has 1 aliphatic rings. The number of fused-ring (bicyclic) bond motifs is 1. The standard InChI is InChI=1S/C16H17BrN4/c17-13-4-2-9-21-11-12(19-16(13)21)10-20-8-3-6-15(20)14-5-1-7-18-14/h1-2,4-5,7,9,11,15,18H,3,6,8,10H2. The predicted octanol–water partition coefficient (Wildman–Crippen LogP) is 3.76. The fourth-order valence-electron chi connectivity index (χ4n) is 3.23. The third-order valence-electron chi connectivity index (χ3n) is 4.19. The van der Waals surface area contributed by atoms with Crippen molar-refractivity contribution in [2.24, 2.45) is 0 Å². The van der Waals surface area contributed by atoms with E-state index in [-0.39, 0.29) is 0 Å². The summed E-state index contributed by atoms with van der Waals surface area (Å²) in [5.74, 6) is 0. The van der Waals surface area contributed by atoms with Crippen LogP contribution in [0.4, 0.5) is 0 Å². The molecule has 4 rings (SSSR count). The Balaban J connectivity index is 1.60. The van der Waals surface area contributed by atoms with Gasteiger partial charge in [-0.05, 0) is 59.6 Å². The minimum absolute atomic E-state index is 0.494. The summed E-state index contributed by atoms with van der Waals surface area (Å²) in [6.07, 6.45) is 8.65. The first-order valence-corrected chi connectivity index (χ1v) is 8.10. The quantitative estimate of drug-likeness (QED) is 0.785.